The number of amides is 1. The molecular weight excluding hydrogens is 234 g/mol. The van der Waals surface area contributed by atoms with Crippen LogP contribution in [0.4, 0.5) is 0 Å². The van der Waals surface area contributed by atoms with Crippen LogP contribution < -0.4 is 10.6 Å². The second kappa shape index (κ2) is 6.28. The molecule has 0 bridgehead atoms. The van der Waals surface area contributed by atoms with Crippen molar-refractivity contribution in [1.82, 2.24) is 10.6 Å². The van der Waals surface area contributed by atoms with Gasteiger partial charge in [0.05, 0.1) is 0 Å². The number of amidine groups is 1. The van der Waals surface area contributed by atoms with Crippen LogP contribution in [0.3, 0.4) is 0 Å². The average molecular weight is 257 g/mol. The third-order valence-corrected chi connectivity index (χ3v) is 4.23. The van der Waals surface area contributed by atoms with Gasteiger partial charge in [0.15, 0.2) is 5.17 Å². The molecule has 0 atom stereocenters. The van der Waals surface area contributed by atoms with E-state index in [1.54, 1.807) is 11.8 Å². The topological polar surface area (TPSA) is 53.5 Å². The van der Waals surface area contributed by atoms with Crippen LogP contribution in [0.5, 0.6) is 0 Å². The second-order valence-corrected chi connectivity index (χ2v) is 5.71. The van der Waals surface area contributed by atoms with Crippen molar-refractivity contribution in [2.75, 3.05) is 12.3 Å². The normalized spacial score (nSPS) is 20.6. The molecule has 1 rings (SSSR count). The molecule has 4 nitrogen and oxygen atoms in total. The summed E-state index contributed by atoms with van der Waals surface area (Å²) in [4.78, 5) is 15.8. The SMILES string of the molecule is CCC1(CC)CSC(=NCC(=O)NC(C)C)N1. The van der Waals surface area contributed by atoms with E-state index in [0.29, 0.717) is 0 Å². The predicted molar refractivity (Wildman–Crippen MR) is 74.5 cm³/mol. The first-order valence-corrected chi connectivity index (χ1v) is 7.24. The van der Waals surface area contributed by atoms with E-state index in [9.17, 15) is 4.79 Å². The summed E-state index contributed by atoms with van der Waals surface area (Å²) in [6.07, 6.45) is 2.18. The van der Waals surface area contributed by atoms with Gasteiger partial charge in [0.1, 0.15) is 6.54 Å². The zero-order valence-electron chi connectivity index (χ0n) is 11.2. The minimum Gasteiger partial charge on any atom is -0.359 e. The van der Waals surface area contributed by atoms with Gasteiger partial charge in [0, 0.05) is 17.3 Å². The van der Waals surface area contributed by atoms with Gasteiger partial charge in [0.25, 0.3) is 0 Å². The van der Waals surface area contributed by atoms with E-state index in [1.165, 1.54) is 0 Å². The number of aliphatic imine (C=N–C) groups is 1. The van der Waals surface area contributed by atoms with Crippen molar-refractivity contribution in [1.29, 1.82) is 0 Å². The number of nitrogens with zero attached hydrogens (tertiary/aromatic N) is 1. The fraction of sp³-hybridized carbons (Fsp3) is 0.833. The lowest BCUT2D eigenvalue weighted by molar-refractivity contribution is -0.120. The van der Waals surface area contributed by atoms with Gasteiger partial charge in [0.2, 0.25) is 5.91 Å². The summed E-state index contributed by atoms with van der Waals surface area (Å²) in [7, 11) is 0. The summed E-state index contributed by atoms with van der Waals surface area (Å²) in [5.41, 5.74) is 0.179. The minimum absolute atomic E-state index is 0.0135. The number of rotatable bonds is 5. The molecule has 1 fully saturated rings. The molecule has 1 aliphatic rings. The van der Waals surface area contributed by atoms with Crippen LogP contribution in [0.1, 0.15) is 40.5 Å². The standard InChI is InChI=1S/C12H23N3OS/c1-5-12(6-2)8-17-11(15-12)13-7-10(16)14-9(3)4/h9H,5-8H2,1-4H3,(H,13,15)(H,14,16). The Morgan fingerprint density at radius 3 is 2.65 bits per heavy atom. The highest BCUT2D eigenvalue weighted by atomic mass is 32.2. The maximum Gasteiger partial charge on any atom is 0.241 e. The van der Waals surface area contributed by atoms with Gasteiger partial charge < -0.3 is 10.6 Å². The number of carbonyl (C=O) groups excluding carboxylic acids is 1. The van der Waals surface area contributed by atoms with Gasteiger partial charge in [-0.3, -0.25) is 9.79 Å². The largest absolute Gasteiger partial charge is 0.359 e. The van der Waals surface area contributed by atoms with Crippen molar-refractivity contribution in [3.63, 3.8) is 0 Å². The van der Waals surface area contributed by atoms with Gasteiger partial charge in [-0.25, -0.2) is 0 Å². The zero-order valence-corrected chi connectivity index (χ0v) is 12.0. The van der Waals surface area contributed by atoms with Gasteiger partial charge in [-0.15, -0.1) is 0 Å². The average Bonchev–Trinajstić information content (AvgIpc) is 2.70. The van der Waals surface area contributed by atoms with Crippen molar-refractivity contribution < 1.29 is 4.79 Å². The summed E-state index contributed by atoms with van der Waals surface area (Å²) < 4.78 is 0. The van der Waals surface area contributed by atoms with Crippen LogP contribution in [0.25, 0.3) is 0 Å². The summed E-state index contributed by atoms with van der Waals surface area (Å²) in [6, 6.07) is 0.178. The first kappa shape index (κ1) is 14.4. The lowest BCUT2D eigenvalue weighted by Crippen LogP contribution is -2.42. The van der Waals surface area contributed by atoms with Crippen molar-refractivity contribution in [2.24, 2.45) is 4.99 Å². The predicted octanol–water partition coefficient (Wildman–Crippen LogP) is 1.76. The van der Waals surface area contributed by atoms with Crippen LogP contribution in [-0.4, -0.2) is 35.0 Å². The van der Waals surface area contributed by atoms with Crippen LogP contribution in [0.2, 0.25) is 0 Å². The number of thioether (sulfide) groups is 1. The van der Waals surface area contributed by atoms with E-state index >= 15 is 0 Å². The molecule has 1 amide bonds. The van der Waals surface area contributed by atoms with E-state index in [0.717, 1.165) is 23.8 Å². The number of carbonyl (C=O) groups is 1. The summed E-state index contributed by atoms with van der Waals surface area (Å²) in [6.45, 7) is 8.49. The maximum absolute atomic E-state index is 11.5. The molecule has 0 saturated carbocycles. The number of hydrogen-bond acceptors (Lipinski definition) is 3. The van der Waals surface area contributed by atoms with Crippen LogP contribution >= 0.6 is 11.8 Å². The van der Waals surface area contributed by atoms with Gasteiger partial charge >= 0.3 is 0 Å². The summed E-state index contributed by atoms with van der Waals surface area (Å²) in [5, 5.41) is 7.19. The smallest absolute Gasteiger partial charge is 0.241 e. The third-order valence-electron chi connectivity index (χ3n) is 3.03. The Kier molecular flexibility index (Phi) is 5.31. The number of hydrogen-bond donors (Lipinski definition) is 2. The molecule has 5 heteroatoms. The lowest BCUT2D eigenvalue weighted by atomic mass is 9.96. The lowest BCUT2D eigenvalue weighted by Gasteiger charge is -2.25. The Morgan fingerprint density at radius 1 is 1.53 bits per heavy atom. The van der Waals surface area contributed by atoms with E-state index in [4.69, 9.17) is 0 Å². The molecule has 1 heterocycles. The Bertz CT molecular complexity index is 298. The second-order valence-electron chi connectivity index (χ2n) is 4.74. The maximum atomic E-state index is 11.5. The van der Waals surface area contributed by atoms with E-state index in [2.05, 4.69) is 29.5 Å². The first-order valence-electron chi connectivity index (χ1n) is 6.26. The highest BCUT2D eigenvalue weighted by Crippen LogP contribution is 2.28. The Labute approximate surface area is 108 Å². The summed E-state index contributed by atoms with van der Waals surface area (Å²) >= 11 is 1.72. The van der Waals surface area contributed by atoms with E-state index in [1.807, 2.05) is 13.8 Å². The van der Waals surface area contributed by atoms with Crippen molar-refractivity contribution in [3.8, 4) is 0 Å². The first-order chi connectivity index (χ1) is 8.01. The molecule has 17 heavy (non-hydrogen) atoms. The Morgan fingerprint density at radius 2 is 2.18 bits per heavy atom. The van der Waals surface area contributed by atoms with Crippen molar-refractivity contribution in [3.05, 3.63) is 0 Å². The van der Waals surface area contributed by atoms with Crippen LogP contribution in [0, 0.1) is 0 Å². The Hall–Kier alpha value is -0.710. The molecule has 0 unspecified atom stereocenters. The molecule has 0 aromatic heterocycles. The van der Waals surface area contributed by atoms with Gasteiger partial charge in [-0.2, -0.15) is 0 Å². The van der Waals surface area contributed by atoms with E-state index in [-0.39, 0.29) is 24.0 Å². The Balaban J connectivity index is 2.45. The molecule has 0 aliphatic carbocycles. The van der Waals surface area contributed by atoms with Crippen LogP contribution in [0.15, 0.2) is 4.99 Å². The number of nitrogens with one attached hydrogen (secondary N) is 2. The zero-order chi connectivity index (χ0) is 12.9. The highest BCUT2D eigenvalue weighted by Gasteiger charge is 2.33. The molecule has 98 valence electrons. The molecule has 0 radical (unpaired) electrons. The van der Waals surface area contributed by atoms with Crippen LogP contribution in [-0.2, 0) is 4.79 Å². The molecule has 0 aromatic carbocycles. The minimum atomic E-state index is -0.0135. The monoisotopic (exact) mass is 257 g/mol. The van der Waals surface area contributed by atoms with Crippen molar-refractivity contribution >= 4 is 22.8 Å². The molecule has 0 spiro atoms. The fourth-order valence-corrected chi connectivity index (χ4v) is 3.07. The highest BCUT2D eigenvalue weighted by molar-refractivity contribution is 8.14. The van der Waals surface area contributed by atoms with Gasteiger partial charge in [-0.1, -0.05) is 25.6 Å². The molecular formula is C12H23N3OS. The molecule has 1 saturated heterocycles. The van der Waals surface area contributed by atoms with Gasteiger partial charge in [-0.05, 0) is 26.7 Å². The summed E-state index contributed by atoms with van der Waals surface area (Å²) in [5.74, 6) is 1.03. The third kappa shape index (κ3) is 4.22. The van der Waals surface area contributed by atoms with E-state index < -0.39 is 0 Å². The fourth-order valence-electron chi connectivity index (χ4n) is 1.73. The quantitative estimate of drug-likeness (QED) is 0.789. The molecule has 0 aromatic rings. The molecule has 2 N–H and O–H groups in total. The van der Waals surface area contributed by atoms with Crippen molar-refractivity contribution in [2.45, 2.75) is 52.1 Å². The molecule has 1 aliphatic heterocycles.